The zero-order valence-electron chi connectivity index (χ0n) is 12.3. The lowest BCUT2D eigenvalue weighted by Gasteiger charge is -2.28. The molecule has 1 aromatic rings. The van der Waals surface area contributed by atoms with E-state index in [0.29, 0.717) is 18.7 Å². The number of halogens is 2. The van der Waals surface area contributed by atoms with Gasteiger partial charge in [0.05, 0.1) is 17.7 Å². The zero-order chi connectivity index (χ0) is 13.7. The number of pyridine rings is 1. The first-order chi connectivity index (χ1) is 9.15. The van der Waals surface area contributed by atoms with E-state index in [1.165, 1.54) is 0 Å². The number of aryl methyl sites for hydroxylation is 1. The van der Waals surface area contributed by atoms with E-state index in [4.69, 9.17) is 4.74 Å². The van der Waals surface area contributed by atoms with Gasteiger partial charge in [-0.1, -0.05) is 0 Å². The fraction of sp³-hybridized carbons (Fsp3) is 0.571. The van der Waals surface area contributed by atoms with Gasteiger partial charge in [-0.15, -0.1) is 24.8 Å². The molecule has 5 nitrogen and oxygen atoms in total. The van der Waals surface area contributed by atoms with E-state index in [0.717, 1.165) is 25.1 Å². The van der Waals surface area contributed by atoms with Crippen LogP contribution in [0.25, 0.3) is 0 Å². The molecule has 0 bridgehead atoms. The van der Waals surface area contributed by atoms with Gasteiger partial charge < -0.3 is 15.4 Å². The molecule has 2 N–H and O–H groups in total. The van der Waals surface area contributed by atoms with Gasteiger partial charge in [0.15, 0.2) is 0 Å². The number of hydrogen-bond donors (Lipinski definition) is 2. The molecule has 0 radical (unpaired) electrons. The molecular weight excluding hydrogens is 313 g/mol. The van der Waals surface area contributed by atoms with Gasteiger partial charge in [-0.25, -0.2) is 0 Å². The SMILES string of the molecule is COCC1(CNC(=O)c2ccc(C)nc2)CCCN1.Cl.Cl. The van der Waals surface area contributed by atoms with Crippen LogP contribution in [0.3, 0.4) is 0 Å². The molecule has 0 saturated carbocycles. The number of methoxy groups -OCH3 is 1. The summed E-state index contributed by atoms with van der Waals surface area (Å²) in [7, 11) is 1.69. The molecule has 1 aliphatic heterocycles. The van der Waals surface area contributed by atoms with Crippen LogP contribution in [0.15, 0.2) is 18.3 Å². The minimum atomic E-state index is -0.122. The molecule has 1 atom stereocenters. The van der Waals surface area contributed by atoms with E-state index < -0.39 is 0 Å². The number of nitrogens with zero attached hydrogens (tertiary/aromatic N) is 1. The lowest BCUT2D eigenvalue weighted by molar-refractivity contribution is 0.0892. The smallest absolute Gasteiger partial charge is 0.252 e. The summed E-state index contributed by atoms with van der Waals surface area (Å²) in [4.78, 5) is 16.2. The highest BCUT2D eigenvalue weighted by molar-refractivity contribution is 5.93. The van der Waals surface area contributed by atoms with E-state index in [-0.39, 0.29) is 36.3 Å². The van der Waals surface area contributed by atoms with Crippen molar-refractivity contribution in [1.82, 2.24) is 15.6 Å². The van der Waals surface area contributed by atoms with E-state index in [1.807, 2.05) is 13.0 Å². The first kappa shape index (κ1) is 20.1. The Morgan fingerprint density at radius 1 is 1.48 bits per heavy atom. The monoisotopic (exact) mass is 335 g/mol. The van der Waals surface area contributed by atoms with Crippen LogP contribution < -0.4 is 10.6 Å². The molecule has 1 fully saturated rings. The van der Waals surface area contributed by atoms with E-state index in [1.54, 1.807) is 19.4 Å². The molecule has 2 rings (SSSR count). The third-order valence-corrected chi connectivity index (χ3v) is 3.51. The second-order valence-corrected chi connectivity index (χ2v) is 5.11. The van der Waals surface area contributed by atoms with Crippen LogP contribution in [0.5, 0.6) is 0 Å². The minimum Gasteiger partial charge on any atom is -0.383 e. The average Bonchev–Trinajstić information content (AvgIpc) is 2.86. The third-order valence-electron chi connectivity index (χ3n) is 3.51. The molecule has 21 heavy (non-hydrogen) atoms. The van der Waals surface area contributed by atoms with E-state index in [2.05, 4.69) is 15.6 Å². The Labute approximate surface area is 138 Å². The molecule has 1 unspecified atom stereocenters. The Morgan fingerprint density at radius 2 is 2.24 bits per heavy atom. The summed E-state index contributed by atoms with van der Waals surface area (Å²) in [6, 6.07) is 3.64. The Morgan fingerprint density at radius 3 is 2.76 bits per heavy atom. The number of rotatable bonds is 5. The number of carbonyl (C=O) groups excluding carboxylic acids is 1. The van der Waals surface area contributed by atoms with Gasteiger partial charge in [-0.05, 0) is 38.4 Å². The summed E-state index contributed by atoms with van der Waals surface area (Å²) < 4.78 is 5.26. The lowest BCUT2D eigenvalue weighted by Crippen LogP contribution is -2.53. The largest absolute Gasteiger partial charge is 0.383 e. The first-order valence-corrected chi connectivity index (χ1v) is 6.60. The van der Waals surface area contributed by atoms with Crippen LogP contribution in [0, 0.1) is 6.92 Å². The molecule has 0 aliphatic carbocycles. The second-order valence-electron chi connectivity index (χ2n) is 5.11. The number of aromatic nitrogens is 1. The molecule has 1 aromatic heterocycles. The number of ether oxygens (including phenoxy) is 1. The number of amides is 1. The summed E-state index contributed by atoms with van der Waals surface area (Å²) >= 11 is 0. The normalized spacial score (nSPS) is 20.3. The standard InChI is InChI=1S/C14H21N3O2.2ClH/c1-11-4-5-12(8-15-11)13(18)16-9-14(10-19-2)6-3-7-17-14;;/h4-5,8,17H,3,6-7,9-10H2,1-2H3,(H,16,18);2*1H. The average molecular weight is 336 g/mol. The van der Waals surface area contributed by atoms with Crippen molar-refractivity contribution in [3.05, 3.63) is 29.6 Å². The van der Waals surface area contributed by atoms with Crippen LogP contribution >= 0.6 is 24.8 Å². The highest BCUT2D eigenvalue weighted by Gasteiger charge is 2.33. The van der Waals surface area contributed by atoms with Crippen LogP contribution in [-0.2, 0) is 4.74 Å². The van der Waals surface area contributed by atoms with Crippen LogP contribution in [0.4, 0.5) is 0 Å². The summed E-state index contributed by atoms with van der Waals surface area (Å²) in [6.07, 6.45) is 3.74. The van der Waals surface area contributed by atoms with Gasteiger partial charge in [0.2, 0.25) is 0 Å². The lowest BCUT2D eigenvalue weighted by atomic mass is 9.98. The third kappa shape index (κ3) is 5.43. The van der Waals surface area contributed by atoms with Crippen molar-refractivity contribution in [2.75, 3.05) is 26.8 Å². The topological polar surface area (TPSA) is 63.2 Å². The molecule has 120 valence electrons. The maximum absolute atomic E-state index is 12.0. The Balaban J connectivity index is 0.00000200. The van der Waals surface area contributed by atoms with Crippen LogP contribution in [0.1, 0.15) is 28.9 Å². The maximum atomic E-state index is 12.0. The summed E-state index contributed by atoms with van der Waals surface area (Å²) in [5.41, 5.74) is 1.38. The summed E-state index contributed by atoms with van der Waals surface area (Å²) in [6.45, 7) is 4.07. The Bertz CT molecular complexity index is 434. The predicted molar refractivity (Wildman–Crippen MR) is 87.6 cm³/mol. The highest BCUT2D eigenvalue weighted by Crippen LogP contribution is 2.18. The number of nitrogens with one attached hydrogen (secondary N) is 2. The number of carbonyl (C=O) groups is 1. The predicted octanol–water partition coefficient (Wildman–Crippen LogP) is 1.73. The molecule has 1 aliphatic rings. The van der Waals surface area contributed by atoms with Crippen molar-refractivity contribution in [2.24, 2.45) is 0 Å². The highest BCUT2D eigenvalue weighted by atomic mass is 35.5. The van der Waals surface area contributed by atoms with E-state index >= 15 is 0 Å². The molecular formula is C14H23Cl2N3O2. The Hall–Kier alpha value is -0.880. The van der Waals surface area contributed by atoms with Gasteiger partial charge in [0.1, 0.15) is 0 Å². The molecule has 0 aromatic carbocycles. The molecule has 2 heterocycles. The number of hydrogen-bond acceptors (Lipinski definition) is 4. The van der Waals surface area contributed by atoms with Crippen molar-refractivity contribution in [2.45, 2.75) is 25.3 Å². The van der Waals surface area contributed by atoms with Gasteiger partial charge in [-0.3, -0.25) is 9.78 Å². The maximum Gasteiger partial charge on any atom is 0.252 e. The van der Waals surface area contributed by atoms with Crippen molar-refractivity contribution >= 4 is 30.7 Å². The second kappa shape index (κ2) is 9.20. The molecule has 7 heteroatoms. The van der Waals surface area contributed by atoms with Crippen molar-refractivity contribution < 1.29 is 9.53 Å². The molecule has 1 saturated heterocycles. The quantitative estimate of drug-likeness (QED) is 0.860. The van der Waals surface area contributed by atoms with Crippen LogP contribution in [0.2, 0.25) is 0 Å². The van der Waals surface area contributed by atoms with Crippen molar-refractivity contribution in [1.29, 1.82) is 0 Å². The fourth-order valence-corrected chi connectivity index (χ4v) is 2.42. The van der Waals surface area contributed by atoms with Gasteiger partial charge in [-0.2, -0.15) is 0 Å². The van der Waals surface area contributed by atoms with Gasteiger partial charge in [0.25, 0.3) is 5.91 Å². The molecule has 0 spiro atoms. The summed E-state index contributed by atoms with van der Waals surface area (Å²) in [5, 5.41) is 6.40. The fourth-order valence-electron chi connectivity index (χ4n) is 2.42. The van der Waals surface area contributed by atoms with Gasteiger partial charge >= 0.3 is 0 Å². The first-order valence-electron chi connectivity index (χ1n) is 6.60. The van der Waals surface area contributed by atoms with Gasteiger partial charge in [0, 0.05) is 25.5 Å². The van der Waals surface area contributed by atoms with Crippen molar-refractivity contribution in [3.63, 3.8) is 0 Å². The van der Waals surface area contributed by atoms with E-state index in [9.17, 15) is 4.79 Å². The Kier molecular flexibility index (Phi) is 8.82. The zero-order valence-corrected chi connectivity index (χ0v) is 14.0. The van der Waals surface area contributed by atoms with Crippen LogP contribution in [-0.4, -0.2) is 43.2 Å². The molecule has 1 amide bonds. The van der Waals surface area contributed by atoms with Crippen molar-refractivity contribution in [3.8, 4) is 0 Å². The summed E-state index contributed by atoms with van der Waals surface area (Å²) in [5.74, 6) is -0.0864. The minimum absolute atomic E-state index is 0.